The molecule has 1 aliphatic heterocycles. The number of benzene rings is 2. The number of nitrogens with zero attached hydrogens (tertiary/aromatic N) is 3. The van der Waals surface area contributed by atoms with E-state index in [1.54, 1.807) is 6.07 Å². The van der Waals surface area contributed by atoms with Crippen LogP contribution in [0.4, 0.5) is 30.6 Å². The number of aromatic nitrogens is 2. The Hall–Kier alpha value is -3.33. The lowest BCUT2D eigenvalue weighted by atomic mass is 10.1. The van der Waals surface area contributed by atoms with Crippen LogP contribution < -0.4 is 10.6 Å². The normalized spacial score (nSPS) is 14.3. The van der Waals surface area contributed by atoms with Crippen molar-refractivity contribution >= 4 is 25.5 Å². The van der Waals surface area contributed by atoms with Crippen molar-refractivity contribution in [3.63, 3.8) is 0 Å². The second kappa shape index (κ2) is 11.2. The molecule has 11 heteroatoms. The molecule has 2 heterocycles. The van der Waals surface area contributed by atoms with Gasteiger partial charge in [0.1, 0.15) is 13.9 Å². The third-order valence-corrected chi connectivity index (χ3v) is 6.24. The topological polar surface area (TPSA) is 75.5 Å². The van der Waals surface area contributed by atoms with Crippen molar-refractivity contribution in [3.8, 4) is 22.9 Å². The number of hydrogen-bond acceptors (Lipinski definition) is 7. The summed E-state index contributed by atoms with van der Waals surface area (Å²) in [6.07, 6.45) is 0. The molecule has 0 amide bonds. The molecule has 0 aliphatic carbocycles. The summed E-state index contributed by atoms with van der Waals surface area (Å²) < 4.78 is 54.7. The van der Waals surface area contributed by atoms with Gasteiger partial charge >= 0.3 is 6.01 Å². The molecule has 0 saturated carbocycles. The van der Waals surface area contributed by atoms with Crippen LogP contribution in [0, 0.1) is 28.9 Å². The summed E-state index contributed by atoms with van der Waals surface area (Å²) in [6, 6.07) is 6.72. The van der Waals surface area contributed by atoms with Gasteiger partial charge in [-0.2, -0.15) is 0 Å². The molecule has 1 aromatic heterocycles. The van der Waals surface area contributed by atoms with Crippen molar-refractivity contribution in [2.45, 2.75) is 19.6 Å². The second-order valence-corrected chi connectivity index (χ2v) is 14.1. The first kappa shape index (κ1) is 25.8. The van der Waals surface area contributed by atoms with Gasteiger partial charge in [0.25, 0.3) is 5.89 Å². The van der Waals surface area contributed by atoms with Gasteiger partial charge < -0.3 is 19.8 Å². The standard InChI is InChI=1S/C25H28F3N5O2Si/c1-36(2,3)15-8-17-4-7-21(20(27)16-17)30-23-18(5-6-19(26)22(23)28)24-31-32-25(35-24)29-9-10-33-11-13-34-14-12-33/h4-7,16,30H,9-14H2,1-3H3,(H,29,32). The molecule has 7 nitrogen and oxygen atoms in total. The van der Waals surface area contributed by atoms with Crippen LogP contribution in [-0.4, -0.2) is 62.6 Å². The Morgan fingerprint density at radius 2 is 1.81 bits per heavy atom. The SMILES string of the molecule is C[Si](C)(C)C#Cc1ccc(Nc2c(-c3nnc(NCCN4CCOCC4)o3)ccc(F)c2F)c(F)c1. The molecule has 190 valence electrons. The predicted octanol–water partition coefficient (Wildman–Crippen LogP) is 4.87. The van der Waals surface area contributed by atoms with Crippen molar-refractivity contribution < 1.29 is 22.3 Å². The van der Waals surface area contributed by atoms with Gasteiger partial charge in [-0.25, -0.2) is 13.2 Å². The van der Waals surface area contributed by atoms with Crippen LogP contribution >= 0.6 is 0 Å². The maximum atomic E-state index is 14.8. The molecule has 4 rings (SSSR count). The minimum atomic E-state index is -1.63. The number of nitrogens with one attached hydrogen (secondary N) is 2. The van der Waals surface area contributed by atoms with E-state index in [9.17, 15) is 13.2 Å². The summed E-state index contributed by atoms with van der Waals surface area (Å²) in [7, 11) is -1.63. The lowest BCUT2D eigenvalue weighted by molar-refractivity contribution is 0.0398. The number of rotatable bonds is 7. The predicted molar refractivity (Wildman–Crippen MR) is 135 cm³/mol. The summed E-state index contributed by atoms with van der Waals surface area (Å²) in [4.78, 5) is 2.24. The molecule has 3 aromatic rings. The molecular weight excluding hydrogens is 487 g/mol. The third-order valence-electron chi connectivity index (χ3n) is 5.37. The highest BCUT2D eigenvalue weighted by molar-refractivity contribution is 6.83. The Morgan fingerprint density at radius 1 is 1.03 bits per heavy atom. The summed E-state index contributed by atoms with van der Waals surface area (Å²) in [5, 5.41) is 13.6. The van der Waals surface area contributed by atoms with Gasteiger partial charge in [0.15, 0.2) is 11.6 Å². The molecule has 0 bridgehead atoms. The average molecular weight is 516 g/mol. The van der Waals surface area contributed by atoms with E-state index in [1.165, 1.54) is 18.2 Å². The van der Waals surface area contributed by atoms with Gasteiger partial charge in [-0.1, -0.05) is 30.7 Å². The first-order valence-corrected chi connectivity index (χ1v) is 15.2. The Bertz CT molecular complexity index is 1280. The highest BCUT2D eigenvalue weighted by Gasteiger charge is 2.21. The summed E-state index contributed by atoms with van der Waals surface area (Å²) >= 11 is 0. The maximum Gasteiger partial charge on any atom is 0.315 e. The van der Waals surface area contributed by atoms with Gasteiger partial charge in [-0.15, -0.1) is 10.6 Å². The Morgan fingerprint density at radius 3 is 2.53 bits per heavy atom. The molecular formula is C25H28F3N5O2Si. The average Bonchev–Trinajstić information content (AvgIpc) is 3.31. The minimum Gasteiger partial charge on any atom is -0.403 e. The van der Waals surface area contributed by atoms with Crippen LogP contribution in [0.3, 0.4) is 0 Å². The fraction of sp³-hybridized carbons (Fsp3) is 0.360. The quantitative estimate of drug-likeness (QED) is 0.344. The lowest BCUT2D eigenvalue weighted by Gasteiger charge is -2.26. The van der Waals surface area contributed by atoms with Crippen molar-refractivity contribution in [1.82, 2.24) is 15.1 Å². The molecule has 2 aromatic carbocycles. The van der Waals surface area contributed by atoms with Gasteiger partial charge in [0, 0.05) is 31.7 Å². The van der Waals surface area contributed by atoms with Crippen LogP contribution in [0.2, 0.25) is 19.6 Å². The van der Waals surface area contributed by atoms with Crippen molar-refractivity contribution in [2.75, 3.05) is 50.0 Å². The number of ether oxygens (including phenoxy) is 1. The molecule has 0 radical (unpaired) electrons. The first-order valence-electron chi connectivity index (χ1n) is 11.7. The first-order chi connectivity index (χ1) is 17.2. The number of hydrogen-bond donors (Lipinski definition) is 2. The highest BCUT2D eigenvalue weighted by Crippen LogP contribution is 2.34. The van der Waals surface area contributed by atoms with Gasteiger partial charge in [0.05, 0.1) is 30.2 Å². The van der Waals surface area contributed by atoms with E-state index in [2.05, 4.69) is 56.8 Å². The van der Waals surface area contributed by atoms with Gasteiger partial charge in [-0.05, 0) is 30.3 Å². The summed E-state index contributed by atoms with van der Waals surface area (Å²) in [5.74, 6) is 0.00601. The molecule has 0 spiro atoms. The van der Waals surface area contributed by atoms with Crippen LogP contribution in [0.15, 0.2) is 34.7 Å². The zero-order chi connectivity index (χ0) is 25.7. The summed E-state index contributed by atoms with van der Waals surface area (Å²) in [6.45, 7) is 10.7. The lowest BCUT2D eigenvalue weighted by Crippen LogP contribution is -2.39. The molecule has 1 saturated heterocycles. The van der Waals surface area contributed by atoms with E-state index in [4.69, 9.17) is 9.15 Å². The van der Waals surface area contributed by atoms with Crippen molar-refractivity contribution in [3.05, 3.63) is 53.3 Å². The van der Waals surface area contributed by atoms with Crippen LogP contribution in [0.25, 0.3) is 11.5 Å². The van der Waals surface area contributed by atoms with E-state index < -0.39 is 25.5 Å². The minimum absolute atomic E-state index is 0.0386. The Kier molecular flexibility index (Phi) is 7.98. The third kappa shape index (κ3) is 6.66. The number of halogens is 3. The van der Waals surface area contributed by atoms with E-state index in [1.807, 2.05) is 0 Å². The van der Waals surface area contributed by atoms with Crippen LogP contribution in [0.1, 0.15) is 5.56 Å². The van der Waals surface area contributed by atoms with Crippen molar-refractivity contribution in [1.29, 1.82) is 0 Å². The van der Waals surface area contributed by atoms with Gasteiger partial charge in [0.2, 0.25) is 0 Å². The van der Waals surface area contributed by atoms with Gasteiger partial charge in [-0.3, -0.25) is 4.90 Å². The maximum absolute atomic E-state index is 14.8. The monoisotopic (exact) mass is 515 g/mol. The Balaban J connectivity index is 1.52. The van der Waals surface area contributed by atoms with E-state index in [0.29, 0.717) is 25.3 Å². The summed E-state index contributed by atoms with van der Waals surface area (Å²) in [5.41, 5.74) is 3.43. The molecule has 2 N–H and O–H groups in total. The molecule has 36 heavy (non-hydrogen) atoms. The fourth-order valence-corrected chi connectivity index (χ4v) is 4.01. The fourth-order valence-electron chi connectivity index (χ4n) is 3.49. The number of morpholine rings is 1. The van der Waals surface area contributed by atoms with Crippen LogP contribution in [0.5, 0.6) is 0 Å². The molecule has 1 fully saturated rings. The van der Waals surface area contributed by atoms with E-state index in [-0.39, 0.29) is 28.8 Å². The molecule has 0 atom stereocenters. The number of anilines is 3. The van der Waals surface area contributed by atoms with E-state index in [0.717, 1.165) is 25.7 Å². The largest absolute Gasteiger partial charge is 0.403 e. The second-order valence-electron chi connectivity index (χ2n) is 9.40. The van der Waals surface area contributed by atoms with Crippen molar-refractivity contribution in [2.24, 2.45) is 0 Å². The zero-order valence-electron chi connectivity index (χ0n) is 20.4. The highest BCUT2D eigenvalue weighted by atomic mass is 28.3. The molecule has 1 aliphatic rings. The Labute approximate surface area is 209 Å². The molecule has 0 unspecified atom stereocenters. The zero-order valence-corrected chi connectivity index (χ0v) is 21.4. The smallest absolute Gasteiger partial charge is 0.315 e. The van der Waals surface area contributed by atoms with Crippen LogP contribution in [-0.2, 0) is 4.74 Å². The van der Waals surface area contributed by atoms with E-state index >= 15 is 0 Å².